The molecule has 1 fully saturated rings. The van der Waals surface area contributed by atoms with Crippen LogP contribution in [0, 0.1) is 5.92 Å². The van der Waals surface area contributed by atoms with Crippen molar-refractivity contribution in [2.75, 3.05) is 13.1 Å². The summed E-state index contributed by atoms with van der Waals surface area (Å²) in [5, 5.41) is 3.07. The fourth-order valence-corrected chi connectivity index (χ4v) is 4.49. The third kappa shape index (κ3) is 4.54. The second-order valence-corrected chi connectivity index (χ2v) is 8.99. The fraction of sp³-hybridized carbons (Fsp3) is 0.391. The highest BCUT2D eigenvalue weighted by Gasteiger charge is 2.27. The van der Waals surface area contributed by atoms with Crippen molar-refractivity contribution in [2.45, 2.75) is 39.3 Å². The molecule has 1 aliphatic rings. The molecule has 2 aromatic carbocycles. The Morgan fingerprint density at radius 2 is 2.07 bits per heavy atom. The van der Waals surface area contributed by atoms with Gasteiger partial charge in [0.1, 0.15) is 5.82 Å². The summed E-state index contributed by atoms with van der Waals surface area (Å²) >= 11 is 3.59. The van der Waals surface area contributed by atoms with Crippen LogP contribution in [0.1, 0.15) is 32.5 Å². The molecular formula is C23H27BrN4O. The van der Waals surface area contributed by atoms with Crippen LogP contribution >= 0.6 is 15.9 Å². The van der Waals surface area contributed by atoms with Crippen molar-refractivity contribution in [3.8, 4) is 5.69 Å². The van der Waals surface area contributed by atoms with Crippen LogP contribution in [-0.4, -0.2) is 39.5 Å². The zero-order valence-electron chi connectivity index (χ0n) is 16.9. The molecule has 1 amide bonds. The summed E-state index contributed by atoms with van der Waals surface area (Å²) in [5.41, 5.74) is 3.19. The number of benzene rings is 2. The van der Waals surface area contributed by atoms with E-state index in [0.717, 1.165) is 59.5 Å². The van der Waals surface area contributed by atoms with Crippen molar-refractivity contribution < 1.29 is 4.79 Å². The van der Waals surface area contributed by atoms with E-state index in [-0.39, 0.29) is 17.9 Å². The Kier molecular flexibility index (Phi) is 6.01. The van der Waals surface area contributed by atoms with Crippen molar-refractivity contribution in [2.24, 2.45) is 5.92 Å². The van der Waals surface area contributed by atoms with Gasteiger partial charge in [-0.3, -0.25) is 14.3 Å². The van der Waals surface area contributed by atoms with Crippen molar-refractivity contribution >= 4 is 32.9 Å². The number of carbonyl (C=O) groups excluding carboxylic acids is 1. The Hall–Kier alpha value is -2.18. The Balaban J connectivity index is 1.63. The number of nitrogens with one attached hydrogen (secondary N) is 1. The molecule has 0 unspecified atom stereocenters. The second kappa shape index (κ2) is 8.67. The summed E-state index contributed by atoms with van der Waals surface area (Å²) in [6.07, 6.45) is 1.99. The molecule has 29 heavy (non-hydrogen) atoms. The standard InChI is InChI=1S/C23H27BrN4O/c1-16(2)25-23(29)17-7-6-12-27(14-17)15-22-26-20-10-3-4-11-21(20)28(22)19-9-5-8-18(24)13-19/h3-5,8-11,13,16-17H,6-7,12,14-15H2,1-2H3,(H,25,29)/t17-/m1/s1. The number of nitrogens with zero attached hydrogens (tertiary/aromatic N) is 3. The molecule has 0 bridgehead atoms. The van der Waals surface area contributed by atoms with Gasteiger partial charge < -0.3 is 5.32 Å². The van der Waals surface area contributed by atoms with Gasteiger partial charge in [-0.25, -0.2) is 4.98 Å². The lowest BCUT2D eigenvalue weighted by molar-refractivity contribution is -0.127. The summed E-state index contributed by atoms with van der Waals surface area (Å²) in [4.78, 5) is 19.8. The number of halogens is 1. The van der Waals surface area contributed by atoms with Gasteiger partial charge in [-0.15, -0.1) is 0 Å². The third-order valence-corrected chi connectivity index (χ3v) is 5.86. The number of para-hydroxylation sites is 2. The van der Waals surface area contributed by atoms with E-state index in [1.165, 1.54) is 0 Å². The molecule has 6 heteroatoms. The quantitative estimate of drug-likeness (QED) is 0.616. The Morgan fingerprint density at radius 3 is 2.86 bits per heavy atom. The molecule has 0 aliphatic carbocycles. The molecular weight excluding hydrogens is 428 g/mol. The van der Waals surface area contributed by atoms with E-state index in [4.69, 9.17) is 4.98 Å². The molecule has 1 N–H and O–H groups in total. The van der Waals surface area contributed by atoms with Crippen LogP contribution in [0.2, 0.25) is 0 Å². The maximum Gasteiger partial charge on any atom is 0.224 e. The van der Waals surface area contributed by atoms with Gasteiger partial charge in [-0.1, -0.05) is 34.1 Å². The van der Waals surface area contributed by atoms with Crippen LogP contribution in [0.5, 0.6) is 0 Å². The predicted molar refractivity (Wildman–Crippen MR) is 120 cm³/mol. The van der Waals surface area contributed by atoms with Crippen LogP contribution in [0.3, 0.4) is 0 Å². The van der Waals surface area contributed by atoms with Crippen molar-refractivity contribution in [1.82, 2.24) is 19.8 Å². The zero-order chi connectivity index (χ0) is 20.4. The first-order chi connectivity index (χ1) is 14.0. The lowest BCUT2D eigenvalue weighted by Crippen LogP contribution is -2.44. The second-order valence-electron chi connectivity index (χ2n) is 8.07. The summed E-state index contributed by atoms with van der Waals surface area (Å²) in [6.45, 7) is 6.53. The highest BCUT2D eigenvalue weighted by atomic mass is 79.9. The lowest BCUT2D eigenvalue weighted by atomic mass is 9.97. The number of piperidine rings is 1. The van der Waals surface area contributed by atoms with Gasteiger partial charge in [0.25, 0.3) is 0 Å². The Morgan fingerprint density at radius 1 is 1.24 bits per heavy atom. The molecule has 3 aromatic rings. The molecule has 0 saturated carbocycles. The van der Waals surface area contributed by atoms with Gasteiger partial charge in [0, 0.05) is 22.7 Å². The van der Waals surface area contributed by atoms with E-state index in [2.05, 4.69) is 61.0 Å². The number of rotatable bonds is 5. The van der Waals surface area contributed by atoms with E-state index in [9.17, 15) is 4.79 Å². The third-order valence-electron chi connectivity index (χ3n) is 5.37. The van der Waals surface area contributed by atoms with E-state index < -0.39 is 0 Å². The van der Waals surface area contributed by atoms with Crippen molar-refractivity contribution in [3.63, 3.8) is 0 Å². The van der Waals surface area contributed by atoms with E-state index in [1.807, 2.05) is 32.0 Å². The lowest BCUT2D eigenvalue weighted by Gasteiger charge is -2.32. The van der Waals surface area contributed by atoms with Crippen LogP contribution in [0.15, 0.2) is 53.0 Å². The van der Waals surface area contributed by atoms with Gasteiger partial charge in [0.05, 0.1) is 23.5 Å². The highest BCUT2D eigenvalue weighted by Crippen LogP contribution is 2.26. The van der Waals surface area contributed by atoms with Crippen LogP contribution in [0.25, 0.3) is 16.7 Å². The topological polar surface area (TPSA) is 50.2 Å². The van der Waals surface area contributed by atoms with E-state index >= 15 is 0 Å². The minimum atomic E-state index is 0.0508. The molecule has 152 valence electrons. The first-order valence-electron chi connectivity index (χ1n) is 10.3. The number of carbonyl (C=O) groups is 1. The number of amides is 1. The number of fused-ring (bicyclic) bond motifs is 1. The molecule has 0 spiro atoms. The molecule has 1 saturated heterocycles. The van der Waals surface area contributed by atoms with Crippen molar-refractivity contribution in [3.05, 3.63) is 58.8 Å². The number of hydrogen-bond donors (Lipinski definition) is 1. The van der Waals surface area contributed by atoms with Crippen LogP contribution in [0.4, 0.5) is 0 Å². The fourth-order valence-electron chi connectivity index (χ4n) is 4.10. The van der Waals surface area contributed by atoms with Gasteiger partial charge >= 0.3 is 0 Å². The normalized spacial score (nSPS) is 17.7. The largest absolute Gasteiger partial charge is 0.354 e. The zero-order valence-corrected chi connectivity index (χ0v) is 18.5. The number of likely N-dealkylation sites (tertiary alicyclic amines) is 1. The monoisotopic (exact) mass is 454 g/mol. The maximum absolute atomic E-state index is 12.5. The molecule has 4 rings (SSSR count). The summed E-state index contributed by atoms with van der Waals surface area (Å²) in [5.74, 6) is 1.23. The molecule has 1 aliphatic heterocycles. The molecule has 1 atom stereocenters. The minimum absolute atomic E-state index is 0.0508. The summed E-state index contributed by atoms with van der Waals surface area (Å²) in [7, 11) is 0. The molecule has 0 radical (unpaired) electrons. The van der Waals surface area contributed by atoms with Gasteiger partial charge in [-0.2, -0.15) is 0 Å². The smallest absolute Gasteiger partial charge is 0.224 e. The maximum atomic E-state index is 12.5. The minimum Gasteiger partial charge on any atom is -0.354 e. The summed E-state index contributed by atoms with van der Waals surface area (Å²) in [6, 6.07) is 16.7. The van der Waals surface area contributed by atoms with E-state index in [0.29, 0.717) is 0 Å². The van der Waals surface area contributed by atoms with E-state index in [1.54, 1.807) is 0 Å². The van der Waals surface area contributed by atoms with Crippen LogP contribution < -0.4 is 5.32 Å². The van der Waals surface area contributed by atoms with Crippen LogP contribution in [-0.2, 0) is 11.3 Å². The predicted octanol–water partition coefficient (Wildman–Crippen LogP) is 4.52. The number of hydrogen-bond acceptors (Lipinski definition) is 3. The Labute approximate surface area is 180 Å². The molecule has 5 nitrogen and oxygen atoms in total. The van der Waals surface area contributed by atoms with Crippen molar-refractivity contribution in [1.29, 1.82) is 0 Å². The van der Waals surface area contributed by atoms with Gasteiger partial charge in [-0.05, 0) is 63.6 Å². The van der Waals surface area contributed by atoms with Gasteiger partial charge in [0.2, 0.25) is 5.91 Å². The first kappa shape index (κ1) is 20.1. The molecule has 2 heterocycles. The average molecular weight is 455 g/mol. The highest BCUT2D eigenvalue weighted by molar-refractivity contribution is 9.10. The average Bonchev–Trinajstić information content (AvgIpc) is 3.05. The SMILES string of the molecule is CC(C)NC(=O)[C@@H]1CCCN(Cc2nc3ccccc3n2-c2cccc(Br)c2)C1. The molecule has 1 aromatic heterocycles. The number of imidazole rings is 1. The Bertz CT molecular complexity index is 1010. The van der Waals surface area contributed by atoms with Gasteiger partial charge in [0.15, 0.2) is 0 Å². The first-order valence-corrected chi connectivity index (χ1v) is 11.1. The number of aromatic nitrogens is 2. The summed E-state index contributed by atoms with van der Waals surface area (Å²) < 4.78 is 3.28.